The normalized spacial score (nSPS) is 11.7. The molecule has 1 heterocycles. The average molecular weight is 384 g/mol. The van der Waals surface area contributed by atoms with Crippen LogP contribution in [0.2, 0.25) is 0 Å². The number of fused-ring (bicyclic) bond motifs is 3. The standard InChI is InChI=1S/C19H11BrFNS/c20-14-7-8-16(21)13(11-14)6-10-18-22-19-15-4-2-1-3-12(15)5-9-17(19)23-18/h1-11H/b10-6+. The van der Waals surface area contributed by atoms with Gasteiger partial charge in [-0.2, -0.15) is 0 Å². The Bertz CT molecular complexity index is 1050. The Hall–Kier alpha value is -2.04. The van der Waals surface area contributed by atoms with Crippen LogP contribution in [0.5, 0.6) is 0 Å². The van der Waals surface area contributed by atoms with Crippen LogP contribution in [-0.4, -0.2) is 4.98 Å². The van der Waals surface area contributed by atoms with E-state index < -0.39 is 0 Å². The van der Waals surface area contributed by atoms with Crippen molar-refractivity contribution >= 4 is 60.4 Å². The van der Waals surface area contributed by atoms with Crippen LogP contribution in [0.25, 0.3) is 33.1 Å². The van der Waals surface area contributed by atoms with Crippen molar-refractivity contribution in [3.63, 3.8) is 0 Å². The van der Waals surface area contributed by atoms with Crippen LogP contribution in [0.3, 0.4) is 0 Å². The summed E-state index contributed by atoms with van der Waals surface area (Å²) in [6, 6.07) is 17.3. The van der Waals surface area contributed by atoms with Crippen molar-refractivity contribution in [3.05, 3.63) is 75.5 Å². The number of rotatable bonds is 2. The molecule has 0 aliphatic rings. The fourth-order valence-corrected chi connectivity index (χ4v) is 3.82. The number of hydrogen-bond acceptors (Lipinski definition) is 2. The summed E-state index contributed by atoms with van der Waals surface area (Å²) in [5.41, 5.74) is 1.55. The predicted molar refractivity (Wildman–Crippen MR) is 100 cm³/mol. The van der Waals surface area contributed by atoms with Gasteiger partial charge in [0.2, 0.25) is 0 Å². The molecule has 0 spiro atoms. The first-order valence-electron chi connectivity index (χ1n) is 7.12. The van der Waals surface area contributed by atoms with Crippen LogP contribution in [0, 0.1) is 5.82 Å². The van der Waals surface area contributed by atoms with Gasteiger partial charge in [-0.3, -0.25) is 0 Å². The Balaban J connectivity index is 1.79. The number of aromatic nitrogens is 1. The van der Waals surface area contributed by atoms with Gasteiger partial charge in [0.05, 0.1) is 10.2 Å². The van der Waals surface area contributed by atoms with Crippen molar-refractivity contribution in [2.45, 2.75) is 0 Å². The maximum absolute atomic E-state index is 13.8. The summed E-state index contributed by atoms with van der Waals surface area (Å²) >= 11 is 4.97. The zero-order chi connectivity index (χ0) is 15.8. The summed E-state index contributed by atoms with van der Waals surface area (Å²) in [5, 5.41) is 3.20. The maximum Gasteiger partial charge on any atom is 0.130 e. The van der Waals surface area contributed by atoms with Crippen LogP contribution in [0.1, 0.15) is 10.6 Å². The molecule has 0 saturated carbocycles. The molecular formula is C19H11BrFNS. The minimum atomic E-state index is -0.240. The molecule has 3 aromatic carbocycles. The zero-order valence-electron chi connectivity index (χ0n) is 12.0. The molecule has 0 atom stereocenters. The maximum atomic E-state index is 13.8. The fourth-order valence-electron chi connectivity index (χ4n) is 2.55. The van der Waals surface area contributed by atoms with E-state index in [9.17, 15) is 4.39 Å². The average Bonchev–Trinajstić information content (AvgIpc) is 2.99. The minimum absolute atomic E-state index is 0.240. The monoisotopic (exact) mass is 383 g/mol. The van der Waals surface area contributed by atoms with Crippen LogP contribution in [0.15, 0.2) is 59.1 Å². The van der Waals surface area contributed by atoms with Crippen molar-refractivity contribution in [1.82, 2.24) is 4.98 Å². The second kappa shape index (κ2) is 5.87. The molecule has 0 fully saturated rings. The van der Waals surface area contributed by atoms with E-state index >= 15 is 0 Å². The topological polar surface area (TPSA) is 12.9 Å². The quantitative estimate of drug-likeness (QED) is 0.383. The van der Waals surface area contributed by atoms with Gasteiger partial charge < -0.3 is 0 Å². The smallest absolute Gasteiger partial charge is 0.130 e. The summed E-state index contributed by atoms with van der Waals surface area (Å²) in [7, 11) is 0. The first-order chi connectivity index (χ1) is 11.2. The summed E-state index contributed by atoms with van der Waals surface area (Å²) in [6.45, 7) is 0. The molecule has 0 saturated heterocycles. The molecular weight excluding hydrogens is 373 g/mol. The highest BCUT2D eigenvalue weighted by atomic mass is 79.9. The van der Waals surface area contributed by atoms with Gasteiger partial charge in [0.15, 0.2) is 0 Å². The van der Waals surface area contributed by atoms with Gasteiger partial charge in [0, 0.05) is 15.4 Å². The second-order valence-corrected chi connectivity index (χ2v) is 7.16. The van der Waals surface area contributed by atoms with E-state index in [4.69, 9.17) is 4.98 Å². The molecule has 0 bridgehead atoms. The molecule has 1 aromatic heterocycles. The lowest BCUT2D eigenvalue weighted by atomic mass is 10.1. The van der Waals surface area contributed by atoms with Crippen molar-refractivity contribution < 1.29 is 4.39 Å². The molecule has 23 heavy (non-hydrogen) atoms. The van der Waals surface area contributed by atoms with E-state index in [1.807, 2.05) is 18.2 Å². The molecule has 0 amide bonds. The zero-order valence-corrected chi connectivity index (χ0v) is 14.4. The molecule has 4 rings (SSSR count). The highest BCUT2D eigenvalue weighted by Crippen LogP contribution is 2.30. The van der Waals surface area contributed by atoms with E-state index in [0.717, 1.165) is 25.1 Å². The Morgan fingerprint density at radius 2 is 1.87 bits per heavy atom. The molecule has 0 aliphatic heterocycles. The Labute approximate surface area is 145 Å². The van der Waals surface area contributed by atoms with Crippen molar-refractivity contribution in [3.8, 4) is 0 Å². The van der Waals surface area contributed by atoms with E-state index in [2.05, 4.69) is 40.2 Å². The van der Waals surface area contributed by atoms with E-state index in [1.165, 1.54) is 11.5 Å². The summed E-state index contributed by atoms with van der Waals surface area (Å²) < 4.78 is 15.8. The second-order valence-electron chi connectivity index (χ2n) is 5.18. The first kappa shape index (κ1) is 14.5. The third-order valence-corrected chi connectivity index (χ3v) is 5.14. The number of hydrogen-bond donors (Lipinski definition) is 0. The van der Waals surface area contributed by atoms with Crippen LogP contribution in [0.4, 0.5) is 4.39 Å². The van der Waals surface area contributed by atoms with Crippen LogP contribution >= 0.6 is 27.3 Å². The summed E-state index contributed by atoms with van der Waals surface area (Å²) in [5.74, 6) is -0.240. The molecule has 0 radical (unpaired) electrons. The molecule has 4 aromatic rings. The van der Waals surface area contributed by atoms with Gasteiger partial charge in [-0.25, -0.2) is 9.37 Å². The Morgan fingerprint density at radius 3 is 2.78 bits per heavy atom. The lowest BCUT2D eigenvalue weighted by Gasteiger charge is -1.97. The highest BCUT2D eigenvalue weighted by Gasteiger charge is 2.06. The Kier molecular flexibility index (Phi) is 3.71. The van der Waals surface area contributed by atoms with Gasteiger partial charge in [-0.05, 0) is 41.8 Å². The molecule has 0 N–H and O–H groups in total. The van der Waals surface area contributed by atoms with Crippen LogP contribution < -0.4 is 0 Å². The van der Waals surface area contributed by atoms with E-state index in [1.54, 1.807) is 29.5 Å². The first-order valence-corrected chi connectivity index (χ1v) is 8.73. The number of halogens is 2. The largest absolute Gasteiger partial charge is 0.236 e. The van der Waals surface area contributed by atoms with E-state index in [0.29, 0.717) is 5.56 Å². The van der Waals surface area contributed by atoms with Gasteiger partial charge in [-0.1, -0.05) is 46.3 Å². The lowest BCUT2D eigenvalue weighted by molar-refractivity contribution is 0.625. The fraction of sp³-hybridized carbons (Fsp3) is 0. The number of nitrogens with zero attached hydrogens (tertiary/aromatic N) is 1. The van der Waals surface area contributed by atoms with Crippen LogP contribution in [-0.2, 0) is 0 Å². The highest BCUT2D eigenvalue weighted by molar-refractivity contribution is 9.10. The van der Waals surface area contributed by atoms with Crippen molar-refractivity contribution in [2.75, 3.05) is 0 Å². The lowest BCUT2D eigenvalue weighted by Crippen LogP contribution is -1.81. The molecule has 0 aliphatic carbocycles. The van der Waals surface area contributed by atoms with E-state index in [-0.39, 0.29) is 5.82 Å². The number of thiazole rings is 1. The van der Waals surface area contributed by atoms with Gasteiger partial charge in [-0.15, -0.1) is 11.3 Å². The molecule has 1 nitrogen and oxygen atoms in total. The third-order valence-electron chi connectivity index (χ3n) is 3.66. The van der Waals surface area contributed by atoms with Gasteiger partial charge in [0.1, 0.15) is 10.8 Å². The third kappa shape index (κ3) is 2.80. The predicted octanol–water partition coefficient (Wildman–Crippen LogP) is 6.52. The Morgan fingerprint density at radius 1 is 1.00 bits per heavy atom. The minimum Gasteiger partial charge on any atom is -0.236 e. The number of benzene rings is 3. The summed E-state index contributed by atoms with van der Waals surface area (Å²) in [4.78, 5) is 4.71. The van der Waals surface area contributed by atoms with Crippen molar-refractivity contribution in [2.24, 2.45) is 0 Å². The molecule has 112 valence electrons. The van der Waals surface area contributed by atoms with Gasteiger partial charge in [0.25, 0.3) is 0 Å². The van der Waals surface area contributed by atoms with Gasteiger partial charge >= 0.3 is 0 Å². The molecule has 0 unspecified atom stereocenters. The molecule has 4 heteroatoms. The summed E-state index contributed by atoms with van der Waals surface area (Å²) in [6.07, 6.45) is 3.63. The van der Waals surface area contributed by atoms with Crippen molar-refractivity contribution in [1.29, 1.82) is 0 Å². The SMILES string of the molecule is Fc1ccc(Br)cc1/C=C/c1nc2c(ccc3ccccc32)s1.